The van der Waals surface area contributed by atoms with Gasteiger partial charge in [0.25, 0.3) is 0 Å². The molecule has 12 heavy (non-hydrogen) atoms. The van der Waals surface area contributed by atoms with Crippen molar-refractivity contribution in [2.75, 3.05) is 6.54 Å². The number of hydrogen-bond acceptors (Lipinski definition) is 3. The average Bonchev–Trinajstić information content (AvgIpc) is 1.96. The summed E-state index contributed by atoms with van der Waals surface area (Å²) < 4.78 is 0. The number of primary amides is 1. The molecule has 0 aliphatic rings. The number of carboxylic acid groups (broad SMARTS) is 1. The van der Waals surface area contributed by atoms with Crippen LogP contribution in [-0.2, 0) is 9.59 Å². The van der Waals surface area contributed by atoms with Gasteiger partial charge in [-0.3, -0.25) is 9.59 Å². The molecule has 0 saturated heterocycles. The molecule has 5 nitrogen and oxygen atoms in total. The van der Waals surface area contributed by atoms with E-state index in [0.717, 1.165) is 0 Å². The normalized spacial score (nSPS) is 12.0. The Morgan fingerprint density at radius 3 is 2.58 bits per heavy atom. The van der Waals surface area contributed by atoms with E-state index in [-0.39, 0.29) is 6.42 Å². The molecule has 0 aromatic rings. The van der Waals surface area contributed by atoms with Crippen LogP contribution in [0.3, 0.4) is 0 Å². The van der Waals surface area contributed by atoms with Gasteiger partial charge in [-0.25, -0.2) is 0 Å². The number of rotatable bonds is 6. The van der Waals surface area contributed by atoms with E-state index in [0.29, 0.717) is 6.54 Å². The van der Waals surface area contributed by atoms with Crippen molar-refractivity contribution in [3.63, 3.8) is 0 Å². The van der Waals surface area contributed by atoms with Gasteiger partial charge < -0.3 is 16.2 Å². The maximum Gasteiger partial charge on any atom is 0.321 e. The highest BCUT2D eigenvalue weighted by atomic mass is 16.4. The minimum absolute atomic E-state index is 0.205. The highest BCUT2D eigenvalue weighted by Gasteiger charge is 2.17. The molecular weight excluding hydrogens is 160 g/mol. The molecular formula is C7H12N2O3. The minimum atomic E-state index is -1.09. The zero-order valence-electron chi connectivity index (χ0n) is 6.62. The van der Waals surface area contributed by atoms with E-state index in [1.54, 1.807) is 0 Å². The van der Waals surface area contributed by atoms with Crippen LogP contribution in [0.25, 0.3) is 0 Å². The van der Waals surface area contributed by atoms with Crippen LogP contribution in [-0.4, -0.2) is 29.6 Å². The first-order chi connectivity index (χ1) is 5.57. The lowest BCUT2D eigenvalue weighted by atomic mass is 10.2. The second-order valence-electron chi connectivity index (χ2n) is 2.26. The molecule has 0 bridgehead atoms. The number of amides is 1. The third-order valence-electron chi connectivity index (χ3n) is 1.21. The van der Waals surface area contributed by atoms with Crippen LogP contribution in [0, 0.1) is 0 Å². The van der Waals surface area contributed by atoms with Gasteiger partial charge in [0.15, 0.2) is 0 Å². The smallest absolute Gasteiger partial charge is 0.321 e. The summed E-state index contributed by atoms with van der Waals surface area (Å²) in [6.07, 6.45) is 1.31. The summed E-state index contributed by atoms with van der Waals surface area (Å²) in [5.41, 5.74) is 4.83. The number of hydrogen-bond donors (Lipinski definition) is 3. The third-order valence-corrected chi connectivity index (χ3v) is 1.21. The van der Waals surface area contributed by atoms with Gasteiger partial charge in [0.05, 0.1) is 6.42 Å². The quantitative estimate of drug-likeness (QED) is 0.452. The van der Waals surface area contributed by atoms with Crippen molar-refractivity contribution in [2.24, 2.45) is 5.73 Å². The predicted molar refractivity (Wildman–Crippen MR) is 43.4 cm³/mol. The molecule has 0 aromatic heterocycles. The molecule has 0 aromatic carbocycles. The first-order valence-electron chi connectivity index (χ1n) is 3.43. The van der Waals surface area contributed by atoms with Gasteiger partial charge in [-0.05, 0) is 0 Å². The summed E-state index contributed by atoms with van der Waals surface area (Å²) in [5.74, 6) is -1.73. The third kappa shape index (κ3) is 4.45. The van der Waals surface area contributed by atoms with Crippen molar-refractivity contribution < 1.29 is 14.7 Å². The fraction of sp³-hybridized carbons (Fsp3) is 0.429. The molecule has 0 radical (unpaired) electrons. The van der Waals surface area contributed by atoms with Gasteiger partial charge in [0.2, 0.25) is 5.91 Å². The fourth-order valence-electron chi connectivity index (χ4n) is 0.674. The zero-order valence-corrected chi connectivity index (χ0v) is 6.62. The van der Waals surface area contributed by atoms with E-state index in [1.165, 1.54) is 6.08 Å². The van der Waals surface area contributed by atoms with Crippen LogP contribution >= 0.6 is 0 Å². The number of nitrogens with two attached hydrogens (primary N) is 1. The number of carbonyl (C=O) groups is 2. The predicted octanol–water partition coefficient (Wildman–Crippen LogP) is -0.909. The van der Waals surface area contributed by atoms with Crippen molar-refractivity contribution in [3.05, 3.63) is 12.7 Å². The van der Waals surface area contributed by atoms with Crippen LogP contribution in [0.15, 0.2) is 12.7 Å². The van der Waals surface area contributed by atoms with Crippen LogP contribution in [0.5, 0.6) is 0 Å². The van der Waals surface area contributed by atoms with Gasteiger partial charge in [0, 0.05) is 6.54 Å². The van der Waals surface area contributed by atoms with Crippen molar-refractivity contribution in [1.82, 2.24) is 5.32 Å². The Morgan fingerprint density at radius 2 is 2.25 bits per heavy atom. The minimum Gasteiger partial charge on any atom is -0.480 e. The molecule has 0 aliphatic heterocycles. The Labute approximate surface area is 70.2 Å². The topological polar surface area (TPSA) is 92.4 Å². The van der Waals surface area contributed by atoms with Gasteiger partial charge in [-0.1, -0.05) is 6.08 Å². The molecule has 1 atom stereocenters. The SMILES string of the molecule is C=CCNC(CC(N)=O)C(=O)O. The molecule has 4 N–H and O–H groups in total. The molecule has 0 rings (SSSR count). The molecule has 1 unspecified atom stereocenters. The second kappa shape index (κ2) is 5.31. The second-order valence-corrected chi connectivity index (χ2v) is 2.26. The van der Waals surface area contributed by atoms with Gasteiger partial charge >= 0.3 is 5.97 Å². The lowest BCUT2D eigenvalue weighted by Crippen LogP contribution is -2.39. The summed E-state index contributed by atoms with van der Waals surface area (Å²) in [6, 6.07) is -0.916. The number of nitrogens with one attached hydrogen (secondary N) is 1. The fourth-order valence-corrected chi connectivity index (χ4v) is 0.674. The number of carbonyl (C=O) groups excluding carboxylic acids is 1. The van der Waals surface area contributed by atoms with E-state index < -0.39 is 17.9 Å². The molecule has 0 aliphatic carbocycles. The standard InChI is InChI=1S/C7H12N2O3/c1-2-3-9-5(7(11)12)4-6(8)10/h2,5,9H,1,3-4H2,(H2,8,10)(H,11,12). The van der Waals surface area contributed by atoms with Crippen LogP contribution in [0.1, 0.15) is 6.42 Å². The summed E-state index contributed by atoms with van der Waals surface area (Å²) >= 11 is 0. The van der Waals surface area contributed by atoms with E-state index in [2.05, 4.69) is 11.9 Å². The summed E-state index contributed by atoms with van der Waals surface area (Å²) in [6.45, 7) is 3.74. The Bertz CT molecular complexity index is 191. The lowest BCUT2D eigenvalue weighted by molar-refractivity contribution is -0.141. The number of carboxylic acids is 1. The zero-order chi connectivity index (χ0) is 9.56. The van der Waals surface area contributed by atoms with Crippen molar-refractivity contribution in [1.29, 1.82) is 0 Å². The molecule has 1 amide bonds. The Morgan fingerprint density at radius 1 is 1.67 bits per heavy atom. The van der Waals surface area contributed by atoms with Gasteiger partial charge in [-0.2, -0.15) is 0 Å². The molecule has 0 heterocycles. The summed E-state index contributed by atoms with van der Waals surface area (Å²) in [5, 5.41) is 11.1. The summed E-state index contributed by atoms with van der Waals surface area (Å²) in [7, 11) is 0. The maximum atomic E-state index is 10.4. The highest BCUT2D eigenvalue weighted by Crippen LogP contribution is 1.90. The number of aliphatic carboxylic acids is 1. The largest absolute Gasteiger partial charge is 0.480 e. The van der Waals surface area contributed by atoms with E-state index in [9.17, 15) is 9.59 Å². The molecule has 5 heteroatoms. The lowest BCUT2D eigenvalue weighted by Gasteiger charge is -2.09. The van der Waals surface area contributed by atoms with Crippen molar-refractivity contribution in [2.45, 2.75) is 12.5 Å². The Balaban J connectivity index is 3.94. The van der Waals surface area contributed by atoms with E-state index in [4.69, 9.17) is 10.8 Å². The monoisotopic (exact) mass is 172 g/mol. The van der Waals surface area contributed by atoms with E-state index in [1.807, 2.05) is 0 Å². The van der Waals surface area contributed by atoms with Crippen LogP contribution in [0.4, 0.5) is 0 Å². The molecule has 0 saturated carbocycles. The van der Waals surface area contributed by atoms with Crippen LogP contribution in [0.2, 0.25) is 0 Å². The van der Waals surface area contributed by atoms with Crippen molar-refractivity contribution >= 4 is 11.9 Å². The molecule has 0 spiro atoms. The Kier molecular flexibility index (Phi) is 4.71. The molecule has 68 valence electrons. The Hall–Kier alpha value is -1.36. The van der Waals surface area contributed by atoms with Gasteiger partial charge in [0.1, 0.15) is 6.04 Å². The van der Waals surface area contributed by atoms with E-state index >= 15 is 0 Å². The summed E-state index contributed by atoms with van der Waals surface area (Å²) in [4.78, 5) is 20.8. The van der Waals surface area contributed by atoms with Gasteiger partial charge in [-0.15, -0.1) is 6.58 Å². The first kappa shape index (κ1) is 10.6. The first-order valence-corrected chi connectivity index (χ1v) is 3.43. The maximum absolute atomic E-state index is 10.4. The highest BCUT2D eigenvalue weighted by molar-refractivity contribution is 5.83. The average molecular weight is 172 g/mol. The molecule has 0 fully saturated rings. The van der Waals surface area contributed by atoms with Crippen molar-refractivity contribution in [3.8, 4) is 0 Å². The van der Waals surface area contributed by atoms with Crippen LogP contribution < -0.4 is 11.1 Å².